The maximum Gasteiger partial charge on any atom is 0.238 e. The minimum absolute atomic E-state index is 0.238. The molecule has 1 aliphatic heterocycles. The highest BCUT2D eigenvalue weighted by Gasteiger charge is 2.36. The lowest BCUT2D eigenvalue weighted by atomic mass is 9.74. The number of para-hydroxylation sites is 3. The molecule has 5 nitrogen and oxygen atoms in total. The number of aromatic nitrogens is 5. The van der Waals surface area contributed by atoms with Crippen molar-refractivity contribution in [2.45, 2.75) is 19.3 Å². The summed E-state index contributed by atoms with van der Waals surface area (Å²) >= 11 is 0. The van der Waals surface area contributed by atoms with Crippen LogP contribution in [-0.2, 0) is 5.41 Å². The van der Waals surface area contributed by atoms with Crippen LogP contribution in [0, 0.1) is 0 Å². The van der Waals surface area contributed by atoms with Gasteiger partial charge in [0.2, 0.25) is 5.95 Å². The molecule has 6 aromatic carbocycles. The molecule has 0 spiro atoms. The van der Waals surface area contributed by atoms with Crippen molar-refractivity contribution in [3.63, 3.8) is 0 Å². The van der Waals surface area contributed by atoms with Gasteiger partial charge in [0, 0.05) is 38.1 Å². The summed E-state index contributed by atoms with van der Waals surface area (Å²) in [7, 11) is 0. The van der Waals surface area contributed by atoms with Crippen LogP contribution in [0.3, 0.4) is 0 Å². The highest BCUT2D eigenvalue weighted by Crippen LogP contribution is 2.49. The molecule has 9 aromatic rings. The minimum atomic E-state index is -0.238. The van der Waals surface area contributed by atoms with E-state index in [1.807, 2.05) is 36.4 Å². The fraction of sp³-hybridized carbons (Fsp3) is 0.0714. The lowest BCUT2D eigenvalue weighted by molar-refractivity contribution is 0.631. The van der Waals surface area contributed by atoms with Gasteiger partial charge in [-0.3, -0.25) is 4.57 Å². The van der Waals surface area contributed by atoms with Gasteiger partial charge < -0.3 is 4.57 Å². The molecule has 0 bridgehead atoms. The first kappa shape index (κ1) is 26.2. The Morgan fingerprint density at radius 2 is 1.00 bits per heavy atom. The first-order chi connectivity index (χ1) is 23.1. The van der Waals surface area contributed by atoms with E-state index < -0.39 is 0 Å². The molecule has 0 atom stereocenters. The van der Waals surface area contributed by atoms with Gasteiger partial charge in [0.05, 0.1) is 27.8 Å². The minimum Gasteiger partial charge on any atom is -0.309 e. The van der Waals surface area contributed by atoms with Crippen molar-refractivity contribution in [3.05, 3.63) is 151 Å². The van der Waals surface area contributed by atoms with E-state index in [4.69, 9.17) is 15.0 Å². The molecule has 0 unspecified atom stereocenters. The van der Waals surface area contributed by atoms with Crippen LogP contribution in [0.15, 0.2) is 140 Å². The standard InChI is InChI=1S/C42H29N5/c1-42(2)32-21-13-20-30-28-18-9-11-22-34(28)46(38(30)32)37-24-31-29-19-10-12-23-35(29)47(36(31)25-33(37)42)41-44-39(26-14-5-3-6-15-26)43-40(45-41)27-16-7-4-8-17-27/h3-25H,1-2H3. The van der Waals surface area contributed by atoms with Crippen LogP contribution in [0.25, 0.3) is 78.0 Å². The molecule has 0 saturated heterocycles. The van der Waals surface area contributed by atoms with Crippen LogP contribution in [0.4, 0.5) is 0 Å². The van der Waals surface area contributed by atoms with Gasteiger partial charge in [-0.15, -0.1) is 0 Å². The Kier molecular flexibility index (Phi) is 5.28. The molecular formula is C42H29N5. The van der Waals surface area contributed by atoms with Crippen LogP contribution in [0.1, 0.15) is 25.0 Å². The van der Waals surface area contributed by atoms with Crippen molar-refractivity contribution in [1.82, 2.24) is 24.1 Å². The van der Waals surface area contributed by atoms with Crippen molar-refractivity contribution in [3.8, 4) is 34.4 Å². The first-order valence-corrected chi connectivity index (χ1v) is 16.1. The van der Waals surface area contributed by atoms with Crippen LogP contribution >= 0.6 is 0 Å². The maximum atomic E-state index is 5.16. The first-order valence-electron chi connectivity index (χ1n) is 16.1. The fourth-order valence-corrected chi connectivity index (χ4v) is 7.72. The monoisotopic (exact) mass is 603 g/mol. The lowest BCUT2D eigenvalue weighted by Crippen LogP contribution is -2.26. The Morgan fingerprint density at radius 3 is 1.66 bits per heavy atom. The van der Waals surface area contributed by atoms with Crippen molar-refractivity contribution < 1.29 is 0 Å². The van der Waals surface area contributed by atoms with Gasteiger partial charge in [0.1, 0.15) is 0 Å². The summed E-state index contributed by atoms with van der Waals surface area (Å²) in [4.78, 5) is 15.3. The summed E-state index contributed by atoms with van der Waals surface area (Å²) < 4.78 is 4.71. The predicted molar refractivity (Wildman–Crippen MR) is 192 cm³/mol. The molecule has 3 aromatic heterocycles. The van der Waals surface area contributed by atoms with E-state index in [9.17, 15) is 0 Å². The van der Waals surface area contributed by atoms with Crippen molar-refractivity contribution >= 4 is 43.6 Å². The van der Waals surface area contributed by atoms with E-state index in [0.29, 0.717) is 17.6 Å². The van der Waals surface area contributed by atoms with E-state index >= 15 is 0 Å². The molecule has 222 valence electrons. The third kappa shape index (κ3) is 3.62. The second-order valence-electron chi connectivity index (χ2n) is 12.9. The Balaban J connectivity index is 1.32. The van der Waals surface area contributed by atoms with Crippen LogP contribution < -0.4 is 0 Å². The molecule has 5 heteroatoms. The summed E-state index contributed by atoms with van der Waals surface area (Å²) in [5.74, 6) is 1.90. The molecule has 47 heavy (non-hydrogen) atoms. The van der Waals surface area contributed by atoms with Crippen LogP contribution in [0.5, 0.6) is 0 Å². The van der Waals surface area contributed by atoms with Gasteiger partial charge in [-0.2, -0.15) is 9.97 Å². The zero-order valence-corrected chi connectivity index (χ0v) is 26.0. The highest BCUT2D eigenvalue weighted by atomic mass is 15.2. The Morgan fingerprint density at radius 1 is 0.447 bits per heavy atom. The summed E-state index contributed by atoms with van der Waals surface area (Å²) in [6, 6.07) is 49.3. The molecule has 0 aliphatic carbocycles. The maximum absolute atomic E-state index is 5.16. The Hall–Kier alpha value is -6.07. The van der Waals surface area contributed by atoms with E-state index in [1.54, 1.807) is 0 Å². The zero-order chi connectivity index (χ0) is 31.3. The predicted octanol–water partition coefficient (Wildman–Crippen LogP) is 10.0. The van der Waals surface area contributed by atoms with Gasteiger partial charge in [-0.05, 0) is 35.4 Å². The van der Waals surface area contributed by atoms with E-state index in [1.165, 1.54) is 44.0 Å². The average Bonchev–Trinajstić information content (AvgIpc) is 3.64. The van der Waals surface area contributed by atoms with Crippen molar-refractivity contribution in [1.29, 1.82) is 0 Å². The number of nitrogens with zero attached hydrogens (tertiary/aromatic N) is 5. The SMILES string of the molecule is CC1(C)c2cc3c(cc2-n2c4ccccc4c4cccc1c42)c1ccccc1n3-c1nc(-c2ccccc2)nc(-c2ccccc2)n1. The van der Waals surface area contributed by atoms with Gasteiger partial charge >= 0.3 is 0 Å². The molecule has 0 fully saturated rings. The van der Waals surface area contributed by atoms with Gasteiger partial charge in [0.25, 0.3) is 0 Å². The number of fused-ring (bicyclic) bond motifs is 8. The summed E-state index contributed by atoms with van der Waals surface area (Å²) in [6.07, 6.45) is 0. The number of hydrogen-bond acceptors (Lipinski definition) is 3. The topological polar surface area (TPSA) is 48.5 Å². The van der Waals surface area contributed by atoms with E-state index in [-0.39, 0.29) is 5.41 Å². The number of hydrogen-bond donors (Lipinski definition) is 0. The van der Waals surface area contributed by atoms with E-state index in [2.05, 4.69) is 126 Å². The summed E-state index contributed by atoms with van der Waals surface area (Å²) in [5, 5.41) is 4.91. The molecular weight excluding hydrogens is 574 g/mol. The summed E-state index contributed by atoms with van der Waals surface area (Å²) in [5.41, 5.74) is 10.2. The summed E-state index contributed by atoms with van der Waals surface area (Å²) in [6.45, 7) is 4.70. The van der Waals surface area contributed by atoms with Crippen LogP contribution in [-0.4, -0.2) is 24.1 Å². The third-order valence-electron chi connectivity index (χ3n) is 9.96. The highest BCUT2D eigenvalue weighted by molar-refractivity contribution is 6.14. The molecule has 1 aliphatic rings. The zero-order valence-electron chi connectivity index (χ0n) is 26.0. The molecule has 0 radical (unpaired) electrons. The average molecular weight is 604 g/mol. The van der Waals surface area contributed by atoms with Crippen LogP contribution in [0.2, 0.25) is 0 Å². The number of benzene rings is 6. The Labute approximate surface area is 271 Å². The molecule has 4 heterocycles. The second-order valence-corrected chi connectivity index (χ2v) is 12.9. The lowest BCUT2D eigenvalue weighted by Gasteiger charge is -2.35. The molecule has 0 N–H and O–H groups in total. The Bertz CT molecular complexity index is 2640. The third-order valence-corrected chi connectivity index (χ3v) is 9.96. The van der Waals surface area contributed by atoms with E-state index in [0.717, 1.165) is 27.5 Å². The van der Waals surface area contributed by atoms with Gasteiger partial charge in [0.15, 0.2) is 11.6 Å². The number of rotatable bonds is 3. The van der Waals surface area contributed by atoms with Gasteiger partial charge in [-0.1, -0.05) is 129 Å². The molecule has 10 rings (SSSR count). The van der Waals surface area contributed by atoms with Gasteiger partial charge in [-0.25, -0.2) is 4.98 Å². The second kappa shape index (κ2) is 9.47. The van der Waals surface area contributed by atoms with Crippen molar-refractivity contribution in [2.75, 3.05) is 0 Å². The molecule has 0 amide bonds. The molecule has 0 saturated carbocycles. The normalized spacial score (nSPS) is 13.5. The fourth-order valence-electron chi connectivity index (χ4n) is 7.72. The largest absolute Gasteiger partial charge is 0.309 e. The quantitative estimate of drug-likeness (QED) is 0.202. The smallest absolute Gasteiger partial charge is 0.238 e. The van der Waals surface area contributed by atoms with Crippen molar-refractivity contribution in [2.24, 2.45) is 0 Å².